The van der Waals surface area contributed by atoms with Crippen LogP contribution >= 0.6 is 0 Å². The molecule has 1 aliphatic rings. The van der Waals surface area contributed by atoms with Crippen molar-refractivity contribution in [2.24, 2.45) is 11.8 Å². The summed E-state index contributed by atoms with van der Waals surface area (Å²) in [4.78, 5) is 16.2. The third-order valence-corrected chi connectivity index (χ3v) is 3.65. The summed E-state index contributed by atoms with van der Waals surface area (Å²) < 4.78 is 0. The Bertz CT molecular complexity index is 722. The number of aromatic nitrogens is 1. The minimum absolute atomic E-state index is 0.0198. The highest BCUT2D eigenvalue weighted by molar-refractivity contribution is 5.95. The van der Waals surface area contributed by atoms with Gasteiger partial charge in [-0.1, -0.05) is 12.1 Å². The number of hydrogen-bond donors (Lipinski definition) is 3. The maximum absolute atomic E-state index is 12.0. The van der Waals surface area contributed by atoms with Crippen molar-refractivity contribution in [1.82, 2.24) is 15.3 Å². The van der Waals surface area contributed by atoms with Crippen molar-refractivity contribution in [3.05, 3.63) is 42.2 Å². The van der Waals surface area contributed by atoms with Gasteiger partial charge in [0.25, 0.3) is 0 Å². The first-order valence-corrected chi connectivity index (χ1v) is 7.19. The number of nitrogens with one attached hydrogen (secondary N) is 2. The minimum Gasteiger partial charge on any atom is -0.321 e. The Labute approximate surface area is 129 Å². The highest BCUT2D eigenvalue weighted by atomic mass is 16.2. The number of amides is 1. The van der Waals surface area contributed by atoms with Gasteiger partial charge in [-0.25, -0.2) is 10.8 Å². The Hall–Kier alpha value is -2.44. The van der Waals surface area contributed by atoms with Gasteiger partial charge in [-0.3, -0.25) is 4.79 Å². The number of pyridine rings is 1. The van der Waals surface area contributed by atoms with E-state index in [0.29, 0.717) is 5.82 Å². The van der Waals surface area contributed by atoms with Gasteiger partial charge in [0.2, 0.25) is 5.91 Å². The van der Waals surface area contributed by atoms with Gasteiger partial charge in [0.05, 0.1) is 5.92 Å². The topological polar surface area (TPSA) is 83.3 Å². The number of nitrogens with zero attached hydrogens (tertiary/aromatic N) is 2. The van der Waals surface area contributed by atoms with E-state index in [4.69, 9.17) is 5.84 Å². The fourth-order valence-electron chi connectivity index (χ4n) is 2.24. The van der Waals surface area contributed by atoms with Gasteiger partial charge >= 0.3 is 0 Å². The molecular formula is C16H19N5O. The molecule has 0 spiro atoms. The highest BCUT2D eigenvalue weighted by Gasteiger charge is 2.24. The number of hydrogen-bond acceptors (Lipinski definition) is 5. The lowest BCUT2D eigenvalue weighted by molar-refractivity contribution is -0.121. The largest absolute Gasteiger partial charge is 0.321 e. The van der Waals surface area contributed by atoms with Crippen molar-refractivity contribution in [1.29, 1.82) is 0 Å². The van der Waals surface area contributed by atoms with Crippen molar-refractivity contribution < 1.29 is 4.79 Å². The number of nitrogens with two attached hydrogens (primary N) is 1. The van der Waals surface area contributed by atoms with Gasteiger partial charge in [0.1, 0.15) is 5.82 Å². The van der Waals surface area contributed by atoms with Crippen molar-refractivity contribution in [2.75, 3.05) is 25.5 Å². The normalized spacial score (nSPS) is 15.0. The molecule has 1 amide bonds. The number of carbonyl (C=O) groups is 1. The quantitative estimate of drug-likeness (QED) is 0.583. The van der Waals surface area contributed by atoms with Crippen molar-refractivity contribution in [2.45, 2.75) is 0 Å². The predicted molar refractivity (Wildman–Crippen MR) is 87.7 cm³/mol. The van der Waals surface area contributed by atoms with Crippen LogP contribution in [0.5, 0.6) is 0 Å². The summed E-state index contributed by atoms with van der Waals surface area (Å²) in [6.07, 6.45) is 5.49. The van der Waals surface area contributed by atoms with Crippen molar-refractivity contribution >= 4 is 28.6 Å². The molecule has 1 fully saturated rings. The molecule has 1 aromatic heterocycles. The van der Waals surface area contributed by atoms with Crippen LogP contribution in [-0.4, -0.2) is 36.0 Å². The van der Waals surface area contributed by atoms with Crippen LogP contribution in [0.2, 0.25) is 0 Å². The lowest BCUT2D eigenvalue weighted by Gasteiger charge is -2.25. The molecule has 1 saturated heterocycles. The first-order chi connectivity index (χ1) is 10.6. The van der Waals surface area contributed by atoms with Crippen molar-refractivity contribution in [3.63, 3.8) is 0 Å². The minimum atomic E-state index is 0.0198. The first-order valence-electron chi connectivity index (χ1n) is 7.19. The average Bonchev–Trinajstić information content (AvgIpc) is 2.42. The summed E-state index contributed by atoms with van der Waals surface area (Å²) in [6, 6.07) is 7.93. The van der Waals surface area contributed by atoms with Gasteiger partial charge in [0, 0.05) is 37.9 Å². The van der Waals surface area contributed by atoms with E-state index in [0.717, 1.165) is 29.4 Å². The van der Waals surface area contributed by atoms with Crippen LogP contribution in [0.25, 0.3) is 16.8 Å². The summed E-state index contributed by atoms with van der Waals surface area (Å²) in [5.74, 6) is 6.22. The number of hydrazine groups is 1. The van der Waals surface area contributed by atoms with Crippen LogP contribution in [0.15, 0.2) is 36.7 Å². The molecule has 3 rings (SSSR count). The van der Waals surface area contributed by atoms with Crippen LogP contribution < -0.4 is 16.5 Å². The van der Waals surface area contributed by atoms with Crippen LogP contribution in [0.1, 0.15) is 5.56 Å². The summed E-state index contributed by atoms with van der Waals surface area (Å²) in [5, 5.41) is 9.51. The summed E-state index contributed by atoms with van der Waals surface area (Å²) in [5.41, 5.74) is 1.04. The van der Waals surface area contributed by atoms with Gasteiger partial charge in [-0.2, -0.15) is 0 Å². The van der Waals surface area contributed by atoms with E-state index in [2.05, 4.69) is 15.6 Å². The molecule has 1 aliphatic heterocycles. The summed E-state index contributed by atoms with van der Waals surface area (Å²) in [6.45, 7) is 1.47. The molecule has 2 heterocycles. The van der Waals surface area contributed by atoms with E-state index in [-0.39, 0.29) is 11.8 Å². The Morgan fingerprint density at radius 2 is 2.23 bits per heavy atom. The van der Waals surface area contributed by atoms with Gasteiger partial charge < -0.3 is 15.6 Å². The second-order valence-electron chi connectivity index (χ2n) is 5.50. The van der Waals surface area contributed by atoms with Gasteiger partial charge in [-0.05, 0) is 29.2 Å². The molecule has 0 atom stereocenters. The van der Waals surface area contributed by atoms with Crippen LogP contribution in [-0.2, 0) is 4.79 Å². The summed E-state index contributed by atoms with van der Waals surface area (Å²) in [7, 11) is 1.77. The molecule has 2 aromatic rings. The third-order valence-electron chi connectivity index (χ3n) is 3.65. The predicted octanol–water partition coefficient (Wildman–Crippen LogP) is 1.17. The average molecular weight is 297 g/mol. The monoisotopic (exact) mass is 297 g/mol. The smallest absolute Gasteiger partial charge is 0.231 e. The Kier molecular flexibility index (Phi) is 4.04. The lowest BCUT2D eigenvalue weighted by atomic mass is 10.0. The first kappa shape index (κ1) is 14.5. The molecule has 6 nitrogen and oxygen atoms in total. The molecular weight excluding hydrogens is 278 g/mol. The number of anilines is 1. The lowest BCUT2D eigenvalue weighted by Crippen LogP contribution is -2.48. The van der Waals surface area contributed by atoms with E-state index >= 15 is 0 Å². The van der Waals surface area contributed by atoms with Crippen LogP contribution in [0, 0.1) is 5.92 Å². The molecule has 0 unspecified atom stereocenters. The van der Waals surface area contributed by atoms with Gasteiger partial charge in [-0.15, -0.1) is 0 Å². The molecule has 4 N–H and O–H groups in total. The molecule has 0 bridgehead atoms. The second-order valence-corrected chi connectivity index (χ2v) is 5.50. The molecule has 114 valence electrons. The molecule has 1 aromatic carbocycles. The molecule has 0 aliphatic carbocycles. The van der Waals surface area contributed by atoms with Gasteiger partial charge in [0.15, 0.2) is 0 Å². The Morgan fingerprint density at radius 3 is 2.91 bits per heavy atom. The highest BCUT2D eigenvalue weighted by Crippen LogP contribution is 2.20. The third kappa shape index (κ3) is 3.24. The summed E-state index contributed by atoms with van der Waals surface area (Å²) >= 11 is 0. The zero-order valence-electron chi connectivity index (χ0n) is 12.4. The fourth-order valence-corrected chi connectivity index (χ4v) is 2.24. The maximum atomic E-state index is 12.0. The fraction of sp³-hybridized carbons (Fsp3) is 0.250. The van der Waals surface area contributed by atoms with E-state index < -0.39 is 0 Å². The van der Waals surface area contributed by atoms with Crippen LogP contribution in [0.3, 0.4) is 0 Å². The number of carbonyl (C=O) groups excluding carboxylic acids is 1. The zero-order chi connectivity index (χ0) is 15.5. The Morgan fingerprint density at radius 1 is 1.41 bits per heavy atom. The molecule has 6 heteroatoms. The maximum Gasteiger partial charge on any atom is 0.231 e. The second kappa shape index (κ2) is 6.13. The van der Waals surface area contributed by atoms with E-state index in [1.165, 1.54) is 5.01 Å². The molecule has 0 radical (unpaired) electrons. The van der Waals surface area contributed by atoms with E-state index in [1.54, 1.807) is 19.4 Å². The molecule has 0 saturated carbocycles. The molecule has 22 heavy (non-hydrogen) atoms. The zero-order valence-corrected chi connectivity index (χ0v) is 12.4. The van der Waals surface area contributed by atoms with E-state index in [1.807, 2.05) is 30.3 Å². The SMILES string of the molecule is CN(N)/C=C/c1ccc2cnc(NC(=O)C3CNC3)cc2c1. The standard InChI is InChI=1S/C16H19N5O/c1-21(17)5-4-11-2-3-12-10-19-15(7-13(12)6-11)20-16(22)14-8-18-9-14/h2-7,10,14,18H,8-9,17H2,1H3,(H,19,20,22)/b5-4+. The number of rotatable bonds is 4. The Balaban J connectivity index is 1.82. The van der Waals surface area contributed by atoms with E-state index in [9.17, 15) is 4.79 Å². The number of fused-ring (bicyclic) bond motifs is 1. The number of benzene rings is 1. The van der Waals surface area contributed by atoms with Crippen molar-refractivity contribution in [3.8, 4) is 0 Å². The van der Waals surface area contributed by atoms with Crippen LogP contribution in [0.4, 0.5) is 5.82 Å².